The molecule has 0 aliphatic heterocycles. The van der Waals surface area contributed by atoms with Crippen LogP contribution >= 0.6 is 0 Å². The molecule has 5 nitrogen and oxygen atoms in total. The maximum atomic E-state index is 11.9. The van der Waals surface area contributed by atoms with Crippen molar-refractivity contribution in [3.8, 4) is 0 Å². The summed E-state index contributed by atoms with van der Waals surface area (Å²) in [5, 5.41) is 2.74. The van der Waals surface area contributed by atoms with Gasteiger partial charge in [-0.05, 0) is 44.0 Å². The second kappa shape index (κ2) is 9.73. The molecule has 0 aliphatic rings. The van der Waals surface area contributed by atoms with Gasteiger partial charge in [0.05, 0.1) is 18.8 Å². The van der Waals surface area contributed by atoms with Crippen molar-refractivity contribution in [3.05, 3.63) is 42.5 Å². The van der Waals surface area contributed by atoms with Crippen molar-refractivity contribution in [2.75, 3.05) is 18.5 Å². The first-order valence-electron chi connectivity index (χ1n) is 7.39. The number of rotatable bonds is 9. The summed E-state index contributed by atoms with van der Waals surface area (Å²) < 4.78 is 10.4. The molecule has 0 radical (unpaired) electrons. The largest absolute Gasteiger partial charge is 0.462 e. The van der Waals surface area contributed by atoms with E-state index < -0.39 is 6.10 Å². The summed E-state index contributed by atoms with van der Waals surface area (Å²) in [7, 11) is 0. The fourth-order valence-electron chi connectivity index (χ4n) is 1.62. The number of amides is 1. The van der Waals surface area contributed by atoms with E-state index in [-0.39, 0.29) is 11.9 Å². The Morgan fingerprint density at radius 1 is 1.27 bits per heavy atom. The lowest BCUT2D eigenvalue weighted by molar-refractivity contribution is -0.126. The number of benzene rings is 1. The van der Waals surface area contributed by atoms with Crippen LogP contribution in [0.3, 0.4) is 0 Å². The standard InChI is InChI=1S/C17H23NO4/c1-4-6-12-21-13(3)16(19)18-15-9-7-14(8-10-15)17(20)22-11-5-2/h4,7-10,13H,1,5-6,11-12H2,2-3H3,(H,18,19). The van der Waals surface area contributed by atoms with Gasteiger partial charge in [0.1, 0.15) is 6.10 Å². The summed E-state index contributed by atoms with van der Waals surface area (Å²) in [6.45, 7) is 8.08. The van der Waals surface area contributed by atoms with Crippen LogP contribution in [0.5, 0.6) is 0 Å². The van der Waals surface area contributed by atoms with E-state index in [1.54, 1.807) is 37.3 Å². The molecule has 0 aromatic heterocycles. The molecular formula is C17H23NO4. The zero-order valence-electron chi connectivity index (χ0n) is 13.1. The first-order chi connectivity index (χ1) is 10.6. The van der Waals surface area contributed by atoms with Crippen molar-refractivity contribution in [3.63, 3.8) is 0 Å². The monoisotopic (exact) mass is 305 g/mol. The van der Waals surface area contributed by atoms with Crippen molar-refractivity contribution in [2.45, 2.75) is 32.8 Å². The second-order valence-electron chi connectivity index (χ2n) is 4.79. The van der Waals surface area contributed by atoms with E-state index in [1.165, 1.54) is 0 Å². The molecule has 0 bridgehead atoms. The molecule has 0 heterocycles. The van der Waals surface area contributed by atoms with Gasteiger partial charge in [-0.1, -0.05) is 13.0 Å². The molecule has 1 atom stereocenters. The number of esters is 1. The molecule has 0 saturated heterocycles. The predicted molar refractivity (Wildman–Crippen MR) is 85.9 cm³/mol. The maximum absolute atomic E-state index is 11.9. The SMILES string of the molecule is C=CCCOC(C)C(=O)Nc1ccc(C(=O)OCCC)cc1. The van der Waals surface area contributed by atoms with E-state index in [0.29, 0.717) is 30.9 Å². The van der Waals surface area contributed by atoms with Gasteiger partial charge in [0.25, 0.3) is 5.91 Å². The topological polar surface area (TPSA) is 64.6 Å². The Morgan fingerprint density at radius 3 is 2.55 bits per heavy atom. The van der Waals surface area contributed by atoms with Crippen LogP contribution < -0.4 is 5.32 Å². The van der Waals surface area contributed by atoms with Crippen molar-refractivity contribution < 1.29 is 19.1 Å². The number of ether oxygens (including phenoxy) is 2. The van der Waals surface area contributed by atoms with Gasteiger partial charge >= 0.3 is 5.97 Å². The Hall–Kier alpha value is -2.14. The van der Waals surface area contributed by atoms with Gasteiger partial charge in [-0.2, -0.15) is 0 Å². The quantitative estimate of drug-likeness (QED) is 0.432. The number of hydrogen-bond acceptors (Lipinski definition) is 4. The highest BCUT2D eigenvalue weighted by Gasteiger charge is 2.13. The Kier molecular flexibility index (Phi) is 7.92. The zero-order chi connectivity index (χ0) is 16.4. The van der Waals surface area contributed by atoms with Gasteiger partial charge in [-0.25, -0.2) is 4.79 Å². The summed E-state index contributed by atoms with van der Waals surface area (Å²) in [6.07, 6.45) is 2.67. The van der Waals surface area contributed by atoms with Crippen molar-refractivity contribution in [1.29, 1.82) is 0 Å². The summed E-state index contributed by atoms with van der Waals surface area (Å²) in [6, 6.07) is 6.57. The van der Waals surface area contributed by atoms with Crippen LogP contribution in [-0.2, 0) is 14.3 Å². The van der Waals surface area contributed by atoms with E-state index in [4.69, 9.17) is 9.47 Å². The molecule has 0 saturated carbocycles. The van der Waals surface area contributed by atoms with E-state index >= 15 is 0 Å². The molecule has 1 N–H and O–H groups in total. The highest BCUT2D eigenvalue weighted by Crippen LogP contribution is 2.11. The molecule has 1 unspecified atom stereocenters. The summed E-state index contributed by atoms with van der Waals surface area (Å²) in [4.78, 5) is 23.6. The minimum Gasteiger partial charge on any atom is -0.462 e. The second-order valence-corrected chi connectivity index (χ2v) is 4.79. The number of anilines is 1. The van der Waals surface area contributed by atoms with E-state index in [0.717, 1.165) is 6.42 Å². The number of nitrogens with one attached hydrogen (secondary N) is 1. The Bertz CT molecular complexity index is 496. The first kappa shape index (κ1) is 17.9. The Balaban J connectivity index is 2.51. The molecule has 0 fully saturated rings. The maximum Gasteiger partial charge on any atom is 0.338 e. The normalized spacial score (nSPS) is 11.5. The predicted octanol–water partition coefficient (Wildman–Crippen LogP) is 3.17. The molecule has 22 heavy (non-hydrogen) atoms. The van der Waals surface area contributed by atoms with Gasteiger partial charge < -0.3 is 14.8 Å². The molecule has 1 aromatic carbocycles. The van der Waals surface area contributed by atoms with Crippen LogP contribution in [0.2, 0.25) is 0 Å². The van der Waals surface area contributed by atoms with Crippen LogP contribution in [0.1, 0.15) is 37.0 Å². The average molecular weight is 305 g/mol. The fourth-order valence-corrected chi connectivity index (χ4v) is 1.62. The third-order valence-electron chi connectivity index (χ3n) is 2.88. The summed E-state index contributed by atoms with van der Waals surface area (Å²) in [5.41, 5.74) is 1.07. The molecule has 1 rings (SSSR count). The van der Waals surface area contributed by atoms with Crippen LogP contribution in [0.15, 0.2) is 36.9 Å². The average Bonchev–Trinajstić information content (AvgIpc) is 2.53. The molecular weight excluding hydrogens is 282 g/mol. The van der Waals surface area contributed by atoms with Crippen LogP contribution in [0, 0.1) is 0 Å². The van der Waals surface area contributed by atoms with E-state index in [9.17, 15) is 9.59 Å². The van der Waals surface area contributed by atoms with E-state index in [2.05, 4.69) is 11.9 Å². The first-order valence-corrected chi connectivity index (χ1v) is 7.39. The van der Waals surface area contributed by atoms with Crippen molar-refractivity contribution >= 4 is 17.6 Å². The molecule has 0 aliphatic carbocycles. The highest BCUT2D eigenvalue weighted by atomic mass is 16.5. The zero-order valence-corrected chi connectivity index (χ0v) is 13.1. The van der Waals surface area contributed by atoms with Crippen molar-refractivity contribution in [1.82, 2.24) is 0 Å². The molecule has 0 spiro atoms. The van der Waals surface area contributed by atoms with Crippen LogP contribution in [-0.4, -0.2) is 31.2 Å². The Labute approximate surface area is 131 Å². The smallest absolute Gasteiger partial charge is 0.338 e. The van der Waals surface area contributed by atoms with Gasteiger partial charge in [0.2, 0.25) is 0 Å². The van der Waals surface area contributed by atoms with Crippen LogP contribution in [0.4, 0.5) is 5.69 Å². The lowest BCUT2D eigenvalue weighted by Gasteiger charge is -2.13. The third kappa shape index (κ3) is 6.10. The Morgan fingerprint density at radius 2 is 1.95 bits per heavy atom. The fraction of sp³-hybridized carbons (Fsp3) is 0.412. The summed E-state index contributed by atoms with van der Waals surface area (Å²) >= 11 is 0. The number of hydrogen-bond donors (Lipinski definition) is 1. The molecule has 120 valence electrons. The highest BCUT2D eigenvalue weighted by molar-refractivity contribution is 5.95. The number of carbonyl (C=O) groups is 2. The minimum absolute atomic E-state index is 0.231. The lowest BCUT2D eigenvalue weighted by atomic mass is 10.2. The van der Waals surface area contributed by atoms with Gasteiger partial charge in [0, 0.05) is 5.69 Å². The minimum atomic E-state index is -0.547. The van der Waals surface area contributed by atoms with E-state index in [1.807, 2.05) is 6.92 Å². The van der Waals surface area contributed by atoms with Crippen LogP contribution in [0.25, 0.3) is 0 Å². The molecule has 1 aromatic rings. The van der Waals surface area contributed by atoms with Gasteiger partial charge in [-0.3, -0.25) is 4.79 Å². The summed E-state index contributed by atoms with van der Waals surface area (Å²) in [5.74, 6) is -0.591. The van der Waals surface area contributed by atoms with Crippen molar-refractivity contribution in [2.24, 2.45) is 0 Å². The molecule has 1 amide bonds. The van der Waals surface area contributed by atoms with Gasteiger partial charge in [-0.15, -0.1) is 6.58 Å². The van der Waals surface area contributed by atoms with Gasteiger partial charge in [0.15, 0.2) is 0 Å². The molecule has 5 heteroatoms. The number of carbonyl (C=O) groups excluding carboxylic acids is 2. The lowest BCUT2D eigenvalue weighted by Crippen LogP contribution is -2.28. The third-order valence-corrected chi connectivity index (χ3v) is 2.88.